The van der Waals surface area contributed by atoms with E-state index in [1.165, 1.54) is 24.6 Å². The average Bonchev–Trinajstić information content (AvgIpc) is 2.72. The van der Waals surface area contributed by atoms with Crippen LogP contribution in [0.2, 0.25) is 0 Å². The lowest BCUT2D eigenvalue weighted by molar-refractivity contribution is 0.0721. The molecule has 0 amide bonds. The van der Waals surface area contributed by atoms with Crippen LogP contribution in [0.4, 0.5) is 13.2 Å². The summed E-state index contributed by atoms with van der Waals surface area (Å²) in [5.41, 5.74) is 0.458. The predicted molar refractivity (Wildman–Crippen MR) is 110 cm³/mol. The minimum Gasteiger partial charge on any atom is -0.420 e. The van der Waals surface area contributed by atoms with Gasteiger partial charge in [0.2, 0.25) is 5.82 Å². The standard InChI is InChI=1S/C24H29F3O3/c1-3-5-6-7-8-14-29-16-18-11-13-21(23(27)22(18)26)30-24(28)19-12-10-17(9-4-2)15-20(19)25/h10-13,15H,3-9,14,16H2,1-2H3. The molecule has 0 bridgehead atoms. The molecule has 0 saturated carbocycles. The smallest absolute Gasteiger partial charge is 0.346 e. The fourth-order valence-electron chi connectivity index (χ4n) is 3.08. The molecule has 0 heterocycles. The maximum atomic E-state index is 14.3. The van der Waals surface area contributed by atoms with Crippen molar-refractivity contribution in [2.45, 2.75) is 65.4 Å². The SMILES string of the molecule is CCCCCCCOCc1ccc(OC(=O)c2ccc(CCC)cc2F)c(F)c1F. The van der Waals surface area contributed by atoms with Crippen LogP contribution < -0.4 is 4.74 Å². The lowest BCUT2D eigenvalue weighted by atomic mass is 10.1. The molecule has 3 nitrogen and oxygen atoms in total. The van der Waals surface area contributed by atoms with E-state index in [1.54, 1.807) is 6.07 Å². The van der Waals surface area contributed by atoms with E-state index in [1.807, 2.05) is 6.92 Å². The first-order valence-electron chi connectivity index (χ1n) is 10.5. The number of halogens is 3. The highest BCUT2D eigenvalue weighted by molar-refractivity contribution is 5.91. The summed E-state index contributed by atoms with van der Waals surface area (Å²) in [4.78, 5) is 12.2. The van der Waals surface area contributed by atoms with Gasteiger partial charge in [-0.3, -0.25) is 0 Å². The molecular formula is C24H29F3O3. The molecule has 2 rings (SSSR count). The number of carbonyl (C=O) groups excluding carboxylic acids is 1. The van der Waals surface area contributed by atoms with Crippen LogP contribution in [-0.2, 0) is 17.8 Å². The Hall–Kier alpha value is -2.34. The second kappa shape index (κ2) is 12.4. The van der Waals surface area contributed by atoms with Gasteiger partial charge in [-0.1, -0.05) is 52.0 Å². The third-order valence-corrected chi connectivity index (χ3v) is 4.77. The summed E-state index contributed by atoms with van der Waals surface area (Å²) < 4.78 is 53.1. The van der Waals surface area contributed by atoms with Crippen LogP contribution in [0.15, 0.2) is 30.3 Å². The maximum absolute atomic E-state index is 14.3. The number of hydrogen-bond acceptors (Lipinski definition) is 3. The number of hydrogen-bond donors (Lipinski definition) is 0. The van der Waals surface area contributed by atoms with Crippen LogP contribution in [-0.4, -0.2) is 12.6 Å². The number of ether oxygens (including phenoxy) is 2. The van der Waals surface area contributed by atoms with Crippen LogP contribution in [0, 0.1) is 17.5 Å². The topological polar surface area (TPSA) is 35.5 Å². The lowest BCUT2D eigenvalue weighted by Gasteiger charge is -2.10. The van der Waals surface area contributed by atoms with Crippen molar-refractivity contribution in [3.8, 4) is 5.75 Å². The summed E-state index contributed by atoms with van der Waals surface area (Å²) in [6.07, 6.45) is 6.87. The Balaban J connectivity index is 1.95. The van der Waals surface area contributed by atoms with Gasteiger partial charge < -0.3 is 9.47 Å². The Morgan fingerprint density at radius 2 is 1.67 bits per heavy atom. The molecular weight excluding hydrogens is 393 g/mol. The normalized spacial score (nSPS) is 11.0. The molecule has 0 aromatic heterocycles. The summed E-state index contributed by atoms with van der Waals surface area (Å²) in [6, 6.07) is 6.61. The first kappa shape index (κ1) is 23.9. The highest BCUT2D eigenvalue weighted by Gasteiger charge is 2.20. The van der Waals surface area contributed by atoms with Crippen molar-refractivity contribution in [3.05, 3.63) is 64.5 Å². The summed E-state index contributed by atoms with van der Waals surface area (Å²) in [5, 5.41) is 0. The van der Waals surface area contributed by atoms with Gasteiger partial charge >= 0.3 is 5.97 Å². The van der Waals surface area contributed by atoms with E-state index in [0.29, 0.717) is 13.0 Å². The highest BCUT2D eigenvalue weighted by Crippen LogP contribution is 2.25. The fourth-order valence-corrected chi connectivity index (χ4v) is 3.08. The third kappa shape index (κ3) is 6.87. The van der Waals surface area contributed by atoms with Crippen LogP contribution in [0.3, 0.4) is 0 Å². The largest absolute Gasteiger partial charge is 0.420 e. The second-order valence-electron chi connectivity index (χ2n) is 7.27. The first-order chi connectivity index (χ1) is 14.5. The van der Waals surface area contributed by atoms with Crippen molar-refractivity contribution in [1.82, 2.24) is 0 Å². The Morgan fingerprint density at radius 3 is 2.37 bits per heavy atom. The van der Waals surface area contributed by atoms with E-state index in [-0.39, 0.29) is 17.7 Å². The third-order valence-electron chi connectivity index (χ3n) is 4.77. The van der Waals surface area contributed by atoms with Crippen molar-refractivity contribution in [1.29, 1.82) is 0 Å². The highest BCUT2D eigenvalue weighted by atomic mass is 19.2. The van der Waals surface area contributed by atoms with E-state index >= 15 is 0 Å². The molecule has 30 heavy (non-hydrogen) atoms. The zero-order valence-corrected chi connectivity index (χ0v) is 17.6. The zero-order valence-electron chi connectivity index (χ0n) is 17.6. The molecule has 0 aliphatic rings. The molecule has 0 saturated heterocycles. The zero-order chi connectivity index (χ0) is 21.9. The predicted octanol–water partition coefficient (Wildman–Crippen LogP) is 6.76. The molecule has 2 aromatic rings. The summed E-state index contributed by atoms with van der Waals surface area (Å²) in [7, 11) is 0. The maximum Gasteiger partial charge on any atom is 0.346 e. The second-order valence-corrected chi connectivity index (χ2v) is 7.27. The Labute approximate surface area is 176 Å². The molecule has 0 unspecified atom stereocenters. The van der Waals surface area contributed by atoms with Crippen molar-refractivity contribution in [3.63, 3.8) is 0 Å². The van der Waals surface area contributed by atoms with Gasteiger partial charge in [-0.25, -0.2) is 13.6 Å². The molecule has 0 fully saturated rings. The lowest BCUT2D eigenvalue weighted by Crippen LogP contribution is -2.13. The van der Waals surface area contributed by atoms with Gasteiger partial charge in [0.05, 0.1) is 12.2 Å². The van der Waals surface area contributed by atoms with E-state index in [2.05, 4.69) is 6.92 Å². The molecule has 0 spiro atoms. The number of benzene rings is 2. The fraction of sp³-hybridized carbons (Fsp3) is 0.458. The van der Waals surface area contributed by atoms with Crippen LogP contribution >= 0.6 is 0 Å². The van der Waals surface area contributed by atoms with Crippen LogP contribution in [0.1, 0.15) is 73.9 Å². The monoisotopic (exact) mass is 422 g/mol. The van der Waals surface area contributed by atoms with Crippen molar-refractivity contribution in [2.75, 3.05) is 6.61 Å². The molecule has 6 heteroatoms. The minimum atomic E-state index is -1.30. The Morgan fingerprint density at radius 1 is 0.900 bits per heavy atom. The van der Waals surface area contributed by atoms with Gasteiger partial charge in [-0.05, 0) is 42.7 Å². The van der Waals surface area contributed by atoms with E-state index in [0.717, 1.165) is 43.7 Å². The summed E-state index contributed by atoms with van der Waals surface area (Å²) in [5.74, 6) is -4.85. The average molecular weight is 422 g/mol. The molecule has 0 radical (unpaired) electrons. The summed E-state index contributed by atoms with van der Waals surface area (Å²) >= 11 is 0. The summed E-state index contributed by atoms with van der Waals surface area (Å²) in [6.45, 7) is 4.49. The van der Waals surface area contributed by atoms with Crippen LogP contribution in [0.25, 0.3) is 0 Å². The molecule has 0 atom stereocenters. The van der Waals surface area contributed by atoms with Crippen LogP contribution in [0.5, 0.6) is 5.75 Å². The number of aryl methyl sites for hydroxylation is 1. The Bertz CT molecular complexity index is 837. The van der Waals surface area contributed by atoms with Gasteiger partial charge in [0.1, 0.15) is 5.82 Å². The number of carbonyl (C=O) groups is 1. The van der Waals surface area contributed by atoms with Gasteiger partial charge in [0.25, 0.3) is 0 Å². The van der Waals surface area contributed by atoms with E-state index in [4.69, 9.17) is 9.47 Å². The van der Waals surface area contributed by atoms with Gasteiger partial charge in [0.15, 0.2) is 11.6 Å². The number of rotatable bonds is 12. The Kier molecular flexibility index (Phi) is 9.87. The molecule has 0 N–H and O–H groups in total. The number of esters is 1. The van der Waals surface area contributed by atoms with E-state index < -0.39 is 29.2 Å². The molecule has 2 aromatic carbocycles. The van der Waals surface area contributed by atoms with Gasteiger partial charge in [-0.15, -0.1) is 0 Å². The van der Waals surface area contributed by atoms with Crippen molar-refractivity contribution < 1.29 is 27.4 Å². The van der Waals surface area contributed by atoms with Crippen molar-refractivity contribution in [2.24, 2.45) is 0 Å². The minimum absolute atomic E-state index is 0.0379. The molecule has 0 aliphatic heterocycles. The van der Waals surface area contributed by atoms with E-state index in [9.17, 15) is 18.0 Å². The number of unbranched alkanes of at least 4 members (excludes halogenated alkanes) is 4. The van der Waals surface area contributed by atoms with Crippen molar-refractivity contribution >= 4 is 5.97 Å². The quantitative estimate of drug-likeness (QED) is 0.215. The molecule has 0 aliphatic carbocycles. The van der Waals surface area contributed by atoms with Gasteiger partial charge in [0, 0.05) is 12.2 Å². The van der Waals surface area contributed by atoms with Gasteiger partial charge in [-0.2, -0.15) is 4.39 Å². The first-order valence-corrected chi connectivity index (χ1v) is 10.5. The molecule has 164 valence electrons.